The number of rotatable bonds is 4. The van der Waals surface area contributed by atoms with Crippen molar-refractivity contribution in [2.45, 2.75) is 38.8 Å². The van der Waals surface area contributed by atoms with E-state index in [1.165, 1.54) is 0 Å². The molecule has 2 aliphatic rings. The normalized spacial score (nSPS) is 20.7. The van der Waals surface area contributed by atoms with Crippen LogP contribution in [-0.2, 0) is 4.74 Å². The zero-order valence-corrected chi connectivity index (χ0v) is 16.2. The number of nitrogens with one attached hydrogen (secondary N) is 1. The fourth-order valence-corrected chi connectivity index (χ4v) is 3.91. The van der Waals surface area contributed by atoms with Crippen LogP contribution in [0.3, 0.4) is 0 Å². The number of amides is 2. The minimum Gasteiger partial charge on any atom is -0.496 e. The summed E-state index contributed by atoms with van der Waals surface area (Å²) in [4.78, 5) is 17.1. The van der Waals surface area contributed by atoms with Gasteiger partial charge in [-0.25, -0.2) is 4.79 Å². The van der Waals surface area contributed by atoms with Crippen LogP contribution in [0.1, 0.15) is 36.9 Å². The van der Waals surface area contributed by atoms with Crippen LogP contribution >= 0.6 is 0 Å². The zero-order valence-electron chi connectivity index (χ0n) is 16.2. The van der Waals surface area contributed by atoms with Gasteiger partial charge >= 0.3 is 6.03 Å². The van der Waals surface area contributed by atoms with Crippen LogP contribution in [0.2, 0.25) is 0 Å². The maximum Gasteiger partial charge on any atom is 0.317 e. The summed E-state index contributed by atoms with van der Waals surface area (Å²) in [6, 6.07) is 6.65. The van der Waals surface area contributed by atoms with Gasteiger partial charge in [-0.3, -0.25) is 4.90 Å². The molecular weight excluding hydrogens is 330 g/mol. The van der Waals surface area contributed by atoms with Crippen molar-refractivity contribution < 1.29 is 14.3 Å². The Labute approximate surface area is 156 Å². The molecule has 2 amide bonds. The zero-order chi connectivity index (χ0) is 18.5. The quantitative estimate of drug-likeness (QED) is 0.896. The molecule has 0 aromatic heterocycles. The van der Waals surface area contributed by atoms with Gasteiger partial charge in [-0.2, -0.15) is 0 Å². The Morgan fingerprint density at radius 1 is 1.23 bits per heavy atom. The summed E-state index contributed by atoms with van der Waals surface area (Å²) < 4.78 is 10.7. The highest BCUT2D eigenvalue weighted by Crippen LogP contribution is 2.23. The van der Waals surface area contributed by atoms with Crippen molar-refractivity contribution in [2.24, 2.45) is 0 Å². The highest BCUT2D eigenvalue weighted by Gasteiger charge is 2.28. The van der Waals surface area contributed by atoms with Gasteiger partial charge in [0.1, 0.15) is 5.75 Å². The van der Waals surface area contributed by atoms with Crippen molar-refractivity contribution in [3.05, 3.63) is 29.3 Å². The number of benzene rings is 1. The number of ether oxygens (including phenoxy) is 2. The van der Waals surface area contributed by atoms with Crippen molar-refractivity contribution in [3.8, 4) is 5.75 Å². The number of piperidine rings is 1. The van der Waals surface area contributed by atoms with E-state index in [0.717, 1.165) is 69.1 Å². The monoisotopic (exact) mass is 361 g/mol. The topological polar surface area (TPSA) is 54.0 Å². The van der Waals surface area contributed by atoms with E-state index in [1.807, 2.05) is 30.9 Å². The first-order chi connectivity index (χ1) is 12.6. The molecule has 144 valence electrons. The predicted octanol–water partition coefficient (Wildman–Crippen LogP) is 2.57. The Kier molecular flexibility index (Phi) is 6.38. The summed E-state index contributed by atoms with van der Waals surface area (Å²) in [7, 11) is 1.67. The molecular formula is C20H31N3O3. The summed E-state index contributed by atoms with van der Waals surface area (Å²) in [5.74, 6) is 0.873. The van der Waals surface area contributed by atoms with E-state index < -0.39 is 0 Å². The minimum absolute atomic E-state index is 0.0240. The predicted molar refractivity (Wildman–Crippen MR) is 102 cm³/mol. The average Bonchev–Trinajstić information content (AvgIpc) is 2.68. The lowest BCUT2D eigenvalue weighted by molar-refractivity contribution is 0.00374. The summed E-state index contributed by atoms with van der Waals surface area (Å²) >= 11 is 0. The number of nitrogens with zero attached hydrogens (tertiary/aromatic N) is 2. The molecule has 0 saturated carbocycles. The molecule has 0 spiro atoms. The fraction of sp³-hybridized carbons (Fsp3) is 0.650. The van der Waals surface area contributed by atoms with Crippen molar-refractivity contribution in [2.75, 3.05) is 46.5 Å². The van der Waals surface area contributed by atoms with Gasteiger partial charge in [-0.1, -0.05) is 12.1 Å². The Bertz CT molecular complexity index is 608. The standard InChI is InChI=1S/C20H31N3O3/c1-15-14-17(4-5-19(15)25-3)16(2)21-20(24)23-8-6-18(7-9-23)22-10-12-26-13-11-22/h4-5,14,16,18H,6-13H2,1-3H3,(H,21,24)/t16-/m1/s1. The van der Waals surface area contributed by atoms with Crippen molar-refractivity contribution in [1.82, 2.24) is 15.1 Å². The third-order valence-electron chi connectivity index (χ3n) is 5.57. The van der Waals surface area contributed by atoms with Crippen LogP contribution in [0.25, 0.3) is 0 Å². The molecule has 0 radical (unpaired) electrons. The molecule has 1 aromatic rings. The molecule has 6 heteroatoms. The van der Waals surface area contributed by atoms with Gasteiger partial charge in [0.2, 0.25) is 0 Å². The van der Waals surface area contributed by atoms with Gasteiger partial charge in [0, 0.05) is 32.2 Å². The maximum atomic E-state index is 12.6. The second kappa shape index (κ2) is 8.73. The summed E-state index contributed by atoms with van der Waals surface area (Å²) in [6.45, 7) is 9.39. The van der Waals surface area contributed by atoms with Crippen LogP contribution in [-0.4, -0.2) is 68.4 Å². The van der Waals surface area contributed by atoms with Gasteiger partial charge in [0.25, 0.3) is 0 Å². The van der Waals surface area contributed by atoms with Gasteiger partial charge in [-0.15, -0.1) is 0 Å². The molecule has 2 heterocycles. The maximum absolute atomic E-state index is 12.6. The molecule has 0 bridgehead atoms. The SMILES string of the molecule is COc1ccc([C@@H](C)NC(=O)N2CCC(N3CCOCC3)CC2)cc1C. The number of hydrogen-bond donors (Lipinski definition) is 1. The lowest BCUT2D eigenvalue weighted by Crippen LogP contribution is -2.52. The summed E-state index contributed by atoms with van der Waals surface area (Å²) in [5, 5.41) is 3.14. The van der Waals surface area contributed by atoms with Crippen molar-refractivity contribution in [3.63, 3.8) is 0 Å². The molecule has 26 heavy (non-hydrogen) atoms. The van der Waals surface area contributed by atoms with E-state index in [4.69, 9.17) is 9.47 Å². The Hall–Kier alpha value is -1.79. The fourth-order valence-electron chi connectivity index (χ4n) is 3.91. The largest absolute Gasteiger partial charge is 0.496 e. The molecule has 0 unspecified atom stereocenters. The van der Waals surface area contributed by atoms with Crippen LogP contribution < -0.4 is 10.1 Å². The van der Waals surface area contributed by atoms with Crippen molar-refractivity contribution in [1.29, 1.82) is 0 Å². The number of carbonyl (C=O) groups is 1. The molecule has 1 aromatic carbocycles. The lowest BCUT2D eigenvalue weighted by atomic mass is 10.0. The Balaban J connectivity index is 1.50. The number of likely N-dealkylation sites (tertiary alicyclic amines) is 1. The number of hydrogen-bond acceptors (Lipinski definition) is 4. The number of methoxy groups -OCH3 is 1. The second-order valence-electron chi connectivity index (χ2n) is 7.27. The first-order valence-corrected chi connectivity index (χ1v) is 9.60. The number of aryl methyl sites for hydroxylation is 1. The molecule has 3 rings (SSSR count). The molecule has 6 nitrogen and oxygen atoms in total. The smallest absolute Gasteiger partial charge is 0.317 e. The summed E-state index contributed by atoms with van der Waals surface area (Å²) in [6.07, 6.45) is 2.09. The third-order valence-corrected chi connectivity index (χ3v) is 5.57. The number of carbonyl (C=O) groups excluding carboxylic acids is 1. The van der Waals surface area contributed by atoms with E-state index in [-0.39, 0.29) is 12.1 Å². The van der Waals surface area contributed by atoms with E-state index in [1.54, 1.807) is 7.11 Å². The Morgan fingerprint density at radius 2 is 1.92 bits per heavy atom. The highest BCUT2D eigenvalue weighted by atomic mass is 16.5. The van der Waals surface area contributed by atoms with Crippen molar-refractivity contribution >= 4 is 6.03 Å². The third kappa shape index (κ3) is 4.48. The van der Waals surface area contributed by atoms with Gasteiger partial charge in [-0.05, 0) is 43.9 Å². The van der Waals surface area contributed by atoms with Gasteiger partial charge in [0.15, 0.2) is 0 Å². The van der Waals surface area contributed by atoms with Crippen LogP contribution in [0.5, 0.6) is 5.75 Å². The average molecular weight is 361 g/mol. The van der Waals surface area contributed by atoms with Crippen LogP contribution in [0.15, 0.2) is 18.2 Å². The van der Waals surface area contributed by atoms with E-state index >= 15 is 0 Å². The Morgan fingerprint density at radius 3 is 2.54 bits per heavy atom. The molecule has 2 aliphatic heterocycles. The molecule has 1 N–H and O–H groups in total. The molecule has 0 aliphatic carbocycles. The summed E-state index contributed by atoms with van der Waals surface area (Å²) in [5.41, 5.74) is 2.18. The van der Waals surface area contributed by atoms with E-state index in [9.17, 15) is 4.79 Å². The second-order valence-corrected chi connectivity index (χ2v) is 7.27. The first-order valence-electron chi connectivity index (χ1n) is 9.60. The minimum atomic E-state index is -0.0240. The lowest BCUT2D eigenvalue weighted by Gasteiger charge is -2.40. The number of morpholine rings is 1. The van der Waals surface area contributed by atoms with Gasteiger partial charge in [0.05, 0.1) is 26.4 Å². The molecule has 2 fully saturated rings. The first kappa shape index (κ1) is 19.0. The van der Waals surface area contributed by atoms with E-state index in [0.29, 0.717) is 6.04 Å². The molecule has 2 saturated heterocycles. The number of urea groups is 1. The van der Waals surface area contributed by atoms with Crippen LogP contribution in [0.4, 0.5) is 4.79 Å². The van der Waals surface area contributed by atoms with Crippen LogP contribution in [0, 0.1) is 6.92 Å². The van der Waals surface area contributed by atoms with E-state index in [2.05, 4.69) is 16.3 Å². The highest BCUT2D eigenvalue weighted by molar-refractivity contribution is 5.74. The van der Waals surface area contributed by atoms with Gasteiger partial charge < -0.3 is 19.7 Å². The molecule has 1 atom stereocenters.